The van der Waals surface area contributed by atoms with Crippen LogP contribution < -0.4 is 5.43 Å². The van der Waals surface area contributed by atoms with Crippen molar-refractivity contribution in [2.45, 2.75) is 9.43 Å². The van der Waals surface area contributed by atoms with Crippen molar-refractivity contribution in [2.24, 2.45) is 5.10 Å². The molecule has 3 aromatic heterocycles. The number of hydrogen-bond acceptors (Lipinski definition) is 9. The molecular weight excluding hydrogens is 414 g/mol. The first-order valence-corrected chi connectivity index (χ1v) is 9.78. The number of benzene rings is 1. The number of thiazole rings is 1. The van der Waals surface area contributed by atoms with Crippen molar-refractivity contribution in [2.75, 3.05) is 0 Å². The summed E-state index contributed by atoms with van der Waals surface area (Å²) in [5.74, 6) is 0.104. The quantitative estimate of drug-likeness (QED) is 0.280. The maximum absolute atomic E-state index is 11.9. The Balaban J connectivity index is 1.41. The molecule has 1 amide bonds. The van der Waals surface area contributed by atoms with Gasteiger partial charge in [-0.3, -0.25) is 19.9 Å². The number of carbonyl (C=O) groups is 1. The zero-order chi connectivity index (χ0) is 20.2. The molecule has 0 aliphatic carbocycles. The minimum absolute atomic E-state index is 0.0306. The number of hydrogen-bond donors (Lipinski definition) is 1. The predicted octanol–water partition coefficient (Wildman–Crippen LogP) is 4.11. The highest BCUT2D eigenvalue weighted by atomic mass is 32.2. The average molecular weight is 425 g/mol. The highest BCUT2D eigenvalue weighted by Gasteiger charge is 2.12. The van der Waals surface area contributed by atoms with Crippen LogP contribution in [0.4, 0.5) is 5.69 Å². The Kier molecular flexibility index (Phi) is 5.31. The predicted molar refractivity (Wildman–Crippen MR) is 108 cm³/mol. The van der Waals surface area contributed by atoms with Crippen molar-refractivity contribution in [3.8, 4) is 0 Å². The van der Waals surface area contributed by atoms with Crippen LogP contribution in [-0.4, -0.2) is 27.0 Å². The van der Waals surface area contributed by atoms with Gasteiger partial charge in [0.2, 0.25) is 0 Å². The second-order valence-electron chi connectivity index (χ2n) is 5.58. The van der Waals surface area contributed by atoms with E-state index in [1.165, 1.54) is 53.8 Å². The molecule has 0 bridgehead atoms. The number of nitrogens with zero attached hydrogens (tertiary/aromatic N) is 4. The molecule has 0 aliphatic rings. The number of fused-ring (bicyclic) bond motifs is 1. The third-order valence-electron chi connectivity index (χ3n) is 3.65. The molecule has 0 unspecified atom stereocenters. The molecule has 0 aliphatic heterocycles. The number of rotatable bonds is 6. The molecule has 1 N–H and O–H groups in total. The molecule has 0 atom stereocenters. The van der Waals surface area contributed by atoms with Crippen molar-refractivity contribution in [3.05, 3.63) is 76.3 Å². The molecule has 0 saturated heterocycles. The summed E-state index contributed by atoms with van der Waals surface area (Å²) in [5, 5.41) is 15.3. The fourth-order valence-electron chi connectivity index (χ4n) is 2.32. The Morgan fingerprint density at radius 2 is 2.07 bits per heavy atom. The second-order valence-corrected chi connectivity index (χ2v) is 7.87. The van der Waals surface area contributed by atoms with Gasteiger partial charge in [-0.2, -0.15) is 5.10 Å². The number of pyridine rings is 1. The number of amides is 1. The van der Waals surface area contributed by atoms with Gasteiger partial charge in [-0.1, -0.05) is 0 Å². The molecule has 3 heterocycles. The van der Waals surface area contributed by atoms with E-state index in [0.717, 1.165) is 4.70 Å². The molecule has 29 heavy (non-hydrogen) atoms. The molecule has 0 spiro atoms. The summed E-state index contributed by atoms with van der Waals surface area (Å²) in [7, 11) is 0. The van der Waals surface area contributed by atoms with Crippen LogP contribution in [0, 0.1) is 10.1 Å². The molecule has 0 radical (unpaired) electrons. The summed E-state index contributed by atoms with van der Waals surface area (Å²) in [5.41, 5.74) is 3.58. The summed E-state index contributed by atoms with van der Waals surface area (Å²) in [6.45, 7) is 0. The highest BCUT2D eigenvalue weighted by molar-refractivity contribution is 8.01. The van der Waals surface area contributed by atoms with Crippen LogP contribution in [0.15, 0.2) is 73.8 Å². The van der Waals surface area contributed by atoms with Crippen LogP contribution >= 0.6 is 23.1 Å². The number of nitro benzene ring substituents is 1. The Labute approximate surface area is 171 Å². The molecule has 4 aromatic rings. The van der Waals surface area contributed by atoms with Crippen LogP contribution in [0.5, 0.6) is 0 Å². The minimum atomic E-state index is -0.433. The van der Waals surface area contributed by atoms with Crippen LogP contribution in [0.25, 0.3) is 10.2 Å². The molecule has 144 valence electrons. The zero-order valence-electron chi connectivity index (χ0n) is 14.5. The summed E-state index contributed by atoms with van der Waals surface area (Å²) in [6.07, 6.45) is 4.44. The van der Waals surface area contributed by atoms with Crippen LogP contribution in [-0.2, 0) is 0 Å². The average Bonchev–Trinajstić information content (AvgIpc) is 3.34. The van der Waals surface area contributed by atoms with E-state index in [0.29, 0.717) is 26.3 Å². The lowest BCUT2D eigenvalue weighted by atomic mass is 10.3. The topological polar surface area (TPSA) is 124 Å². The maximum Gasteiger partial charge on any atom is 0.271 e. The van der Waals surface area contributed by atoms with Gasteiger partial charge in [0.05, 0.1) is 21.4 Å². The van der Waals surface area contributed by atoms with E-state index in [1.54, 1.807) is 30.3 Å². The van der Waals surface area contributed by atoms with Crippen molar-refractivity contribution >= 4 is 51.1 Å². The molecule has 0 fully saturated rings. The molecular formula is C18H11N5O4S2. The van der Waals surface area contributed by atoms with E-state index >= 15 is 0 Å². The number of hydrazone groups is 1. The molecule has 0 saturated carbocycles. The summed E-state index contributed by atoms with van der Waals surface area (Å²) in [6, 6.07) is 11.2. The lowest BCUT2D eigenvalue weighted by Gasteiger charge is -1.97. The van der Waals surface area contributed by atoms with Crippen LogP contribution in [0.3, 0.4) is 0 Å². The van der Waals surface area contributed by atoms with E-state index in [2.05, 4.69) is 20.5 Å². The first-order chi connectivity index (χ1) is 14.1. The van der Waals surface area contributed by atoms with Gasteiger partial charge in [-0.25, -0.2) is 10.4 Å². The fraction of sp³-hybridized carbons (Fsp3) is 0. The number of carbonyl (C=O) groups excluding carboxylic acids is 1. The van der Waals surface area contributed by atoms with Crippen LogP contribution in [0.1, 0.15) is 16.1 Å². The molecule has 9 nitrogen and oxygen atoms in total. The zero-order valence-corrected chi connectivity index (χ0v) is 16.1. The van der Waals surface area contributed by atoms with Gasteiger partial charge >= 0.3 is 0 Å². The van der Waals surface area contributed by atoms with Gasteiger partial charge in [0.1, 0.15) is 5.76 Å². The lowest BCUT2D eigenvalue weighted by Crippen LogP contribution is -2.17. The summed E-state index contributed by atoms with van der Waals surface area (Å²) >= 11 is 2.64. The van der Waals surface area contributed by atoms with Crippen LogP contribution in [0.2, 0.25) is 0 Å². The van der Waals surface area contributed by atoms with Crippen molar-refractivity contribution in [3.63, 3.8) is 0 Å². The lowest BCUT2D eigenvalue weighted by molar-refractivity contribution is -0.384. The van der Waals surface area contributed by atoms with E-state index in [4.69, 9.17) is 4.42 Å². The second kappa shape index (κ2) is 8.20. The molecule has 4 rings (SSSR count). The third-order valence-corrected chi connectivity index (χ3v) is 5.65. The number of nitro groups is 1. The van der Waals surface area contributed by atoms with Gasteiger partial charge < -0.3 is 4.42 Å². The number of nitrogens with one attached hydrogen (secondary N) is 1. The number of non-ortho nitro benzene ring substituents is 1. The Morgan fingerprint density at radius 1 is 1.24 bits per heavy atom. The number of furan rings is 1. The monoisotopic (exact) mass is 425 g/mol. The summed E-state index contributed by atoms with van der Waals surface area (Å²) < 4.78 is 7.07. The van der Waals surface area contributed by atoms with E-state index < -0.39 is 4.92 Å². The SMILES string of the molecule is O=C(NN=Cc1ccc(Sc2nc3ccc([N+](=O)[O-])cc3s2)o1)c1ccncc1. The molecule has 1 aromatic carbocycles. The normalized spacial score (nSPS) is 11.2. The standard InChI is InChI=1S/C18H11N5O4S2/c24-17(11-5-7-19-8-6-11)22-20-10-13-2-4-16(27-13)29-18-21-14-3-1-12(23(25)26)9-15(14)28-18/h1-10H,(H,22,24). The van der Waals surface area contributed by atoms with Crippen molar-refractivity contribution in [1.82, 2.24) is 15.4 Å². The smallest absolute Gasteiger partial charge is 0.271 e. The summed E-state index contributed by atoms with van der Waals surface area (Å²) in [4.78, 5) is 30.6. The highest BCUT2D eigenvalue weighted by Crippen LogP contribution is 2.36. The van der Waals surface area contributed by atoms with Gasteiger partial charge in [-0.15, -0.1) is 11.3 Å². The first-order valence-electron chi connectivity index (χ1n) is 8.14. The Bertz CT molecular complexity index is 1220. The largest absolute Gasteiger partial charge is 0.448 e. The van der Waals surface area contributed by atoms with Gasteiger partial charge in [0.15, 0.2) is 9.43 Å². The Morgan fingerprint density at radius 3 is 2.86 bits per heavy atom. The first kappa shape index (κ1) is 18.8. The van der Waals surface area contributed by atoms with E-state index in [1.807, 2.05) is 0 Å². The number of aromatic nitrogens is 2. The maximum atomic E-state index is 11.9. The minimum Gasteiger partial charge on any atom is -0.448 e. The van der Waals surface area contributed by atoms with Gasteiger partial charge in [0, 0.05) is 30.1 Å². The third kappa shape index (κ3) is 4.47. The van der Waals surface area contributed by atoms with Crippen molar-refractivity contribution < 1.29 is 14.1 Å². The van der Waals surface area contributed by atoms with Crippen molar-refractivity contribution in [1.29, 1.82) is 0 Å². The van der Waals surface area contributed by atoms with E-state index in [-0.39, 0.29) is 11.6 Å². The van der Waals surface area contributed by atoms with E-state index in [9.17, 15) is 14.9 Å². The fourth-order valence-corrected chi connectivity index (χ4v) is 4.32. The molecule has 11 heteroatoms. The van der Waals surface area contributed by atoms with Gasteiger partial charge in [-0.05, 0) is 42.1 Å². The Hall–Kier alpha value is -3.57. The van der Waals surface area contributed by atoms with Gasteiger partial charge in [0.25, 0.3) is 11.6 Å².